The van der Waals surface area contributed by atoms with Crippen LogP contribution in [0.2, 0.25) is 0 Å². The molecule has 1 heterocycles. The molecule has 30 heavy (non-hydrogen) atoms. The fourth-order valence-corrected chi connectivity index (χ4v) is 3.12. The molecule has 3 aromatic rings. The van der Waals surface area contributed by atoms with Gasteiger partial charge in [0.25, 0.3) is 11.6 Å². The number of benzene rings is 2. The van der Waals surface area contributed by atoms with E-state index in [9.17, 15) is 14.9 Å². The summed E-state index contributed by atoms with van der Waals surface area (Å²) >= 11 is 0. The molecule has 1 aromatic heterocycles. The highest BCUT2D eigenvalue weighted by atomic mass is 16.6. The van der Waals surface area contributed by atoms with E-state index in [0.29, 0.717) is 41.4 Å². The summed E-state index contributed by atoms with van der Waals surface area (Å²) in [7, 11) is 5.42. The molecule has 2 N–H and O–H groups in total. The fourth-order valence-electron chi connectivity index (χ4n) is 3.12. The standard InChI is InChI=1S/C22H24N4O4/c1-25(2)12-11-23-22(27)18-14-19(15-7-6-8-16(13-15)30-3)24-21(18)17-9-4-5-10-20(17)26(28)29/h4-10,13-14,24H,11-12H2,1-3H3,(H,23,27). The molecule has 0 saturated heterocycles. The Morgan fingerprint density at radius 3 is 2.63 bits per heavy atom. The number of amides is 1. The molecule has 0 saturated carbocycles. The van der Waals surface area contributed by atoms with E-state index in [1.165, 1.54) is 6.07 Å². The average Bonchev–Trinajstić information content (AvgIpc) is 3.19. The second-order valence-electron chi connectivity index (χ2n) is 7.04. The number of H-pyrrole nitrogens is 1. The number of ether oxygens (including phenoxy) is 1. The van der Waals surface area contributed by atoms with Crippen LogP contribution < -0.4 is 10.1 Å². The molecular formula is C22H24N4O4. The van der Waals surface area contributed by atoms with Crippen LogP contribution >= 0.6 is 0 Å². The topological polar surface area (TPSA) is 100 Å². The van der Waals surface area contributed by atoms with Crippen LogP contribution in [-0.4, -0.2) is 55.0 Å². The molecule has 0 aliphatic carbocycles. The number of rotatable bonds is 8. The Bertz CT molecular complexity index is 1060. The van der Waals surface area contributed by atoms with E-state index >= 15 is 0 Å². The van der Waals surface area contributed by atoms with Crippen molar-refractivity contribution in [3.63, 3.8) is 0 Å². The van der Waals surface area contributed by atoms with Gasteiger partial charge in [0.05, 0.1) is 28.9 Å². The van der Waals surface area contributed by atoms with Gasteiger partial charge in [-0.1, -0.05) is 24.3 Å². The van der Waals surface area contributed by atoms with Crippen LogP contribution in [0.25, 0.3) is 22.5 Å². The van der Waals surface area contributed by atoms with Crippen molar-refractivity contribution in [1.82, 2.24) is 15.2 Å². The molecule has 0 atom stereocenters. The van der Waals surface area contributed by atoms with Crippen molar-refractivity contribution in [2.75, 3.05) is 34.3 Å². The lowest BCUT2D eigenvalue weighted by Gasteiger charge is -2.10. The Morgan fingerprint density at radius 1 is 1.17 bits per heavy atom. The Kier molecular flexibility index (Phi) is 6.48. The molecule has 0 aliphatic rings. The molecular weight excluding hydrogens is 384 g/mol. The Hall–Kier alpha value is -3.65. The number of nitrogens with one attached hydrogen (secondary N) is 2. The van der Waals surface area contributed by atoms with Gasteiger partial charge in [0, 0.05) is 30.4 Å². The number of nitro benzene ring substituents is 1. The monoisotopic (exact) mass is 408 g/mol. The van der Waals surface area contributed by atoms with Gasteiger partial charge in [-0.25, -0.2) is 0 Å². The lowest BCUT2D eigenvalue weighted by molar-refractivity contribution is -0.384. The summed E-state index contributed by atoms with van der Waals surface area (Å²) in [5.41, 5.74) is 2.51. The first-order valence-corrected chi connectivity index (χ1v) is 9.45. The molecule has 0 aliphatic heterocycles. The molecule has 0 unspecified atom stereocenters. The fraction of sp³-hybridized carbons (Fsp3) is 0.227. The SMILES string of the molecule is COc1cccc(-c2cc(C(=O)NCCN(C)C)c(-c3ccccc3[N+](=O)[O-])[nH]2)c1. The largest absolute Gasteiger partial charge is 0.497 e. The van der Waals surface area contributed by atoms with Gasteiger partial charge in [-0.15, -0.1) is 0 Å². The van der Waals surface area contributed by atoms with E-state index in [0.717, 1.165) is 5.56 Å². The maximum atomic E-state index is 12.9. The van der Waals surface area contributed by atoms with Crippen LogP contribution in [0.5, 0.6) is 5.75 Å². The van der Waals surface area contributed by atoms with Crippen LogP contribution in [0, 0.1) is 10.1 Å². The first kappa shape index (κ1) is 21.1. The molecule has 156 valence electrons. The first-order valence-electron chi connectivity index (χ1n) is 9.45. The van der Waals surface area contributed by atoms with Gasteiger partial charge in [0.1, 0.15) is 5.75 Å². The molecule has 0 fully saturated rings. The van der Waals surface area contributed by atoms with E-state index in [1.807, 2.05) is 43.3 Å². The van der Waals surface area contributed by atoms with Crippen LogP contribution in [0.1, 0.15) is 10.4 Å². The van der Waals surface area contributed by atoms with Crippen LogP contribution in [0.15, 0.2) is 54.6 Å². The molecule has 0 radical (unpaired) electrons. The van der Waals surface area contributed by atoms with Gasteiger partial charge < -0.3 is 19.9 Å². The summed E-state index contributed by atoms with van der Waals surface area (Å²) < 4.78 is 5.28. The minimum atomic E-state index is -0.449. The van der Waals surface area contributed by atoms with Crippen LogP contribution in [-0.2, 0) is 0 Å². The molecule has 1 amide bonds. The zero-order valence-corrected chi connectivity index (χ0v) is 17.1. The average molecular weight is 408 g/mol. The van der Waals surface area contributed by atoms with Crippen molar-refractivity contribution < 1.29 is 14.5 Å². The zero-order chi connectivity index (χ0) is 21.7. The Morgan fingerprint density at radius 2 is 1.93 bits per heavy atom. The number of nitro groups is 1. The maximum absolute atomic E-state index is 12.9. The van der Waals surface area contributed by atoms with Crippen molar-refractivity contribution in [2.24, 2.45) is 0 Å². The third-order valence-electron chi connectivity index (χ3n) is 4.66. The number of carbonyl (C=O) groups excluding carboxylic acids is 1. The highest BCUT2D eigenvalue weighted by Crippen LogP contribution is 2.35. The Balaban J connectivity index is 2.08. The zero-order valence-electron chi connectivity index (χ0n) is 17.1. The molecule has 8 heteroatoms. The van der Waals surface area contributed by atoms with Gasteiger partial charge in [-0.2, -0.15) is 0 Å². The predicted octanol–water partition coefficient (Wildman–Crippen LogP) is 3.56. The lowest BCUT2D eigenvalue weighted by Crippen LogP contribution is -2.31. The van der Waals surface area contributed by atoms with Crippen molar-refractivity contribution in [1.29, 1.82) is 0 Å². The minimum absolute atomic E-state index is 0.0705. The number of aromatic nitrogens is 1. The molecule has 2 aromatic carbocycles. The number of likely N-dealkylation sites (N-methyl/N-ethyl adjacent to an activating group) is 1. The van der Waals surface area contributed by atoms with E-state index in [1.54, 1.807) is 31.4 Å². The van der Waals surface area contributed by atoms with E-state index < -0.39 is 4.92 Å². The van der Waals surface area contributed by atoms with Gasteiger partial charge in [-0.3, -0.25) is 14.9 Å². The molecule has 8 nitrogen and oxygen atoms in total. The first-order chi connectivity index (χ1) is 14.4. The third kappa shape index (κ3) is 4.66. The number of methoxy groups -OCH3 is 1. The summed E-state index contributed by atoms with van der Waals surface area (Å²) in [6.07, 6.45) is 0. The number of nitrogens with zero attached hydrogens (tertiary/aromatic N) is 2. The maximum Gasteiger partial charge on any atom is 0.278 e. The number of hydrogen-bond acceptors (Lipinski definition) is 5. The highest BCUT2D eigenvalue weighted by Gasteiger charge is 2.23. The van der Waals surface area contributed by atoms with Crippen LogP contribution in [0.4, 0.5) is 5.69 Å². The second-order valence-corrected chi connectivity index (χ2v) is 7.04. The van der Waals surface area contributed by atoms with E-state index in [2.05, 4.69) is 10.3 Å². The summed E-state index contributed by atoms with van der Waals surface area (Å²) in [6, 6.07) is 15.5. The quantitative estimate of drug-likeness (QED) is 0.438. The molecule has 0 spiro atoms. The molecule has 3 rings (SSSR count). The highest BCUT2D eigenvalue weighted by molar-refractivity contribution is 6.02. The van der Waals surface area contributed by atoms with Crippen molar-refractivity contribution in [3.05, 3.63) is 70.3 Å². The predicted molar refractivity (Wildman–Crippen MR) is 116 cm³/mol. The van der Waals surface area contributed by atoms with E-state index in [-0.39, 0.29) is 11.6 Å². The minimum Gasteiger partial charge on any atom is -0.497 e. The Labute approximate surface area is 174 Å². The van der Waals surface area contributed by atoms with E-state index in [4.69, 9.17) is 4.74 Å². The molecule has 0 bridgehead atoms. The lowest BCUT2D eigenvalue weighted by atomic mass is 10.1. The van der Waals surface area contributed by atoms with Crippen LogP contribution in [0.3, 0.4) is 0 Å². The van der Waals surface area contributed by atoms with Gasteiger partial charge >= 0.3 is 0 Å². The van der Waals surface area contributed by atoms with Gasteiger partial charge in [0.15, 0.2) is 0 Å². The smallest absolute Gasteiger partial charge is 0.278 e. The summed E-state index contributed by atoms with van der Waals surface area (Å²) in [5.74, 6) is 0.377. The summed E-state index contributed by atoms with van der Waals surface area (Å²) in [4.78, 5) is 29.2. The number of para-hydroxylation sites is 1. The number of hydrogen-bond donors (Lipinski definition) is 2. The number of aromatic amines is 1. The van der Waals surface area contributed by atoms with Gasteiger partial charge in [0.2, 0.25) is 0 Å². The summed E-state index contributed by atoms with van der Waals surface area (Å²) in [6.45, 7) is 1.14. The van der Waals surface area contributed by atoms with Gasteiger partial charge in [-0.05, 0) is 38.4 Å². The normalized spacial score (nSPS) is 10.8. The second kappa shape index (κ2) is 9.23. The van der Waals surface area contributed by atoms with Crippen molar-refractivity contribution in [2.45, 2.75) is 0 Å². The number of carbonyl (C=O) groups is 1. The van der Waals surface area contributed by atoms with Crippen molar-refractivity contribution in [3.8, 4) is 28.3 Å². The summed E-state index contributed by atoms with van der Waals surface area (Å²) in [5, 5.41) is 14.4. The third-order valence-corrected chi connectivity index (χ3v) is 4.66. The van der Waals surface area contributed by atoms with Crippen molar-refractivity contribution >= 4 is 11.6 Å².